The van der Waals surface area contributed by atoms with Gasteiger partial charge in [-0.15, -0.1) is 0 Å². The molecule has 0 radical (unpaired) electrons. The minimum atomic E-state index is 0.662. The van der Waals surface area contributed by atoms with Gasteiger partial charge in [-0.25, -0.2) is 0 Å². The van der Waals surface area contributed by atoms with E-state index in [-0.39, 0.29) is 0 Å². The molecule has 2 nitrogen and oxygen atoms in total. The normalized spacial score (nSPS) is 12.0. The lowest BCUT2D eigenvalue weighted by molar-refractivity contribution is -0.108. The van der Waals surface area contributed by atoms with E-state index in [2.05, 4.69) is 5.32 Å². The van der Waals surface area contributed by atoms with Crippen LogP contribution in [0.5, 0.6) is 0 Å². The molecule has 0 aliphatic heterocycles. The quantitative estimate of drug-likeness (QED) is 0.446. The van der Waals surface area contributed by atoms with E-state index in [1.54, 1.807) is 0 Å². The van der Waals surface area contributed by atoms with Crippen molar-refractivity contribution in [2.45, 2.75) is 13.8 Å². The number of carbonyl (C=O) groups is 1. The Balaban J connectivity index is 3.68. The van der Waals surface area contributed by atoms with Gasteiger partial charge in [0.05, 0.1) is 0 Å². The number of nitrogens with one attached hydrogen (secondary N) is 1. The van der Waals surface area contributed by atoms with E-state index in [1.807, 2.05) is 32.1 Å². The van der Waals surface area contributed by atoms with E-state index >= 15 is 0 Å². The lowest BCUT2D eigenvalue weighted by Crippen LogP contribution is -2.05. The van der Waals surface area contributed by atoms with E-state index < -0.39 is 0 Å². The molecule has 0 saturated heterocycles. The first-order valence-electron chi connectivity index (χ1n) is 2.81. The smallest absolute Gasteiger partial charge is 0.211 e. The molecule has 2 heteroatoms. The highest BCUT2D eigenvalue weighted by Gasteiger charge is 1.77. The number of hydrogen-bond acceptors (Lipinski definition) is 1. The molecule has 0 heterocycles. The van der Waals surface area contributed by atoms with Crippen LogP contribution in [0.2, 0.25) is 0 Å². The van der Waals surface area contributed by atoms with Gasteiger partial charge in [0.15, 0.2) is 0 Å². The van der Waals surface area contributed by atoms with E-state index in [9.17, 15) is 4.79 Å². The van der Waals surface area contributed by atoms with Crippen molar-refractivity contribution in [1.29, 1.82) is 0 Å². The van der Waals surface area contributed by atoms with E-state index in [4.69, 9.17) is 0 Å². The van der Waals surface area contributed by atoms with Crippen LogP contribution in [-0.4, -0.2) is 6.41 Å². The summed E-state index contributed by atoms with van der Waals surface area (Å²) in [7, 11) is 0. The molecule has 0 bridgehead atoms. The summed E-state index contributed by atoms with van der Waals surface area (Å²) in [6.07, 6.45) is 6.26. The zero-order valence-electron chi connectivity index (χ0n) is 5.72. The fraction of sp³-hybridized carbons (Fsp3) is 0.286. The first-order chi connectivity index (χ1) is 4.31. The predicted molar refractivity (Wildman–Crippen MR) is 37.8 cm³/mol. The molecule has 0 aromatic carbocycles. The van der Waals surface area contributed by atoms with Gasteiger partial charge in [0.2, 0.25) is 6.41 Å². The summed E-state index contributed by atoms with van der Waals surface area (Å²) in [4.78, 5) is 9.80. The molecule has 9 heavy (non-hydrogen) atoms. The second-order valence-electron chi connectivity index (χ2n) is 1.64. The summed E-state index contributed by atoms with van der Waals surface area (Å²) in [6.45, 7) is 3.75. The van der Waals surface area contributed by atoms with Crippen LogP contribution in [0.15, 0.2) is 23.9 Å². The maximum Gasteiger partial charge on any atom is 0.211 e. The Kier molecular flexibility index (Phi) is 4.50. The Morgan fingerprint density at radius 3 is 2.67 bits per heavy atom. The number of amides is 1. The highest BCUT2D eigenvalue weighted by molar-refractivity contribution is 5.49. The Morgan fingerprint density at radius 2 is 2.22 bits per heavy atom. The summed E-state index contributed by atoms with van der Waals surface area (Å²) in [5.41, 5.74) is 0.850. The van der Waals surface area contributed by atoms with Crippen LogP contribution in [0.1, 0.15) is 13.8 Å². The average molecular weight is 125 g/mol. The number of hydrogen-bond donors (Lipinski definition) is 1. The molecular formula is C7H11NO. The molecule has 0 aromatic rings. The number of rotatable bonds is 3. The third kappa shape index (κ3) is 4.81. The third-order valence-corrected chi connectivity index (χ3v) is 0.825. The van der Waals surface area contributed by atoms with Crippen LogP contribution in [0, 0.1) is 0 Å². The molecular weight excluding hydrogens is 114 g/mol. The molecule has 0 aliphatic rings. The molecule has 0 aromatic heterocycles. The van der Waals surface area contributed by atoms with Crippen molar-refractivity contribution in [3.05, 3.63) is 23.9 Å². The second-order valence-corrected chi connectivity index (χ2v) is 1.64. The lowest BCUT2D eigenvalue weighted by atomic mass is 10.4. The zero-order valence-corrected chi connectivity index (χ0v) is 5.72. The van der Waals surface area contributed by atoms with Crippen LogP contribution in [0.4, 0.5) is 0 Å². The highest BCUT2D eigenvalue weighted by atomic mass is 16.1. The van der Waals surface area contributed by atoms with Gasteiger partial charge in [-0.3, -0.25) is 4.79 Å². The van der Waals surface area contributed by atoms with Crippen molar-refractivity contribution in [2.75, 3.05) is 0 Å². The summed E-state index contributed by atoms with van der Waals surface area (Å²) >= 11 is 0. The predicted octanol–water partition coefficient (Wildman–Crippen LogP) is 1.21. The fourth-order valence-electron chi connectivity index (χ4n) is 0.382. The minimum absolute atomic E-state index is 0.662. The summed E-state index contributed by atoms with van der Waals surface area (Å²) in [5, 5.41) is 2.51. The summed E-state index contributed by atoms with van der Waals surface area (Å²) in [5.74, 6) is 0. The van der Waals surface area contributed by atoms with E-state index in [1.165, 1.54) is 0 Å². The molecule has 0 saturated carbocycles. The zero-order chi connectivity index (χ0) is 7.11. The second kappa shape index (κ2) is 5.09. The van der Waals surface area contributed by atoms with Crippen molar-refractivity contribution in [3.8, 4) is 0 Å². The largest absolute Gasteiger partial charge is 0.333 e. The van der Waals surface area contributed by atoms with Gasteiger partial charge in [-0.05, 0) is 19.9 Å². The van der Waals surface area contributed by atoms with Crippen LogP contribution in [0.3, 0.4) is 0 Å². The SMILES string of the molecule is C/C=C\C=C(\C)NC=O. The fourth-order valence-corrected chi connectivity index (χ4v) is 0.382. The van der Waals surface area contributed by atoms with Crippen LogP contribution in [-0.2, 0) is 4.79 Å². The molecule has 0 rings (SSSR count). The first kappa shape index (κ1) is 7.95. The van der Waals surface area contributed by atoms with Crippen molar-refractivity contribution in [1.82, 2.24) is 5.32 Å². The van der Waals surface area contributed by atoms with Crippen molar-refractivity contribution in [2.24, 2.45) is 0 Å². The minimum Gasteiger partial charge on any atom is -0.333 e. The maximum atomic E-state index is 9.80. The Labute approximate surface area is 55.3 Å². The molecule has 1 amide bonds. The summed E-state index contributed by atoms with van der Waals surface area (Å²) < 4.78 is 0. The van der Waals surface area contributed by atoms with Crippen LogP contribution >= 0.6 is 0 Å². The van der Waals surface area contributed by atoms with Gasteiger partial charge in [0.25, 0.3) is 0 Å². The molecule has 0 atom stereocenters. The highest BCUT2D eigenvalue weighted by Crippen LogP contribution is 1.84. The van der Waals surface area contributed by atoms with Gasteiger partial charge in [0.1, 0.15) is 0 Å². The molecule has 0 fully saturated rings. The van der Waals surface area contributed by atoms with Gasteiger partial charge >= 0.3 is 0 Å². The molecule has 0 spiro atoms. The van der Waals surface area contributed by atoms with E-state index in [0.717, 1.165) is 5.70 Å². The lowest BCUT2D eigenvalue weighted by Gasteiger charge is -1.91. The van der Waals surface area contributed by atoms with Crippen molar-refractivity contribution in [3.63, 3.8) is 0 Å². The van der Waals surface area contributed by atoms with Crippen molar-refractivity contribution >= 4 is 6.41 Å². The topological polar surface area (TPSA) is 29.1 Å². The maximum absolute atomic E-state index is 9.80. The number of allylic oxidation sites excluding steroid dienone is 4. The Morgan fingerprint density at radius 1 is 1.56 bits per heavy atom. The average Bonchev–Trinajstić information content (AvgIpc) is 1.85. The van der Waals surface area contributed by atoms with Crippen molar-refractivity contribution < 1.29 is 4.79 Å². The van der Waals surface area contributed by atoms with Gasteiger partial charge < -0.3 is 5.32 Å². The first-order valence-corrected chi connectivity index (χ1v) is 2.81. The van der Waals surface area contributed by atoms with Crippen LogP contribution in [0.25, 0.3) is 0 Å². The molecule has 50 valence electrons. The molecule has 0 unspecified atom stereocenters. The Hall–Kier alpha value is -1.05. The summed E-state index contributed by atoms with van der Waals surface area (Å²) in [6, 6.07) is 0. The Bertz CT molecular complexity index is 136. The molecule has 0 aliphatic carbocycles. The van der Waals surface area contributed by atoms with E-state index in [0.29, 0.717) is 6.41 Å². The van der Waals surface area contributed by atoms with Crippen LogP contribution < -0.4 is 5.32 Å². The number of carbonyl (C=O) groups excluding carboxylic acids is 1. The monoisotopic (exact) mass is 125 g/mol. The van der Waals surface area contributed by atoms with Gasteiger partial charge in [-0.1, -0.05) is 12.2 Å². The third-order valence-electron chi connectivity index (χ3n) is 0.825. The molecule has 1 N–H and O–H groups in total. The van der Waals surface area contributed by atoms with Gasteiger partial charge in [0, 0.05) is 5.70 Å². The standard InChI is InChI=1S/C7H11NO/c1-3-4-5-7(2)8-6-9/h3-6H,1-2H3,(H,8,9)/b4-3-,7-5-. The van der Waals surface area contributed by atoms with Gasteiger partial charge in [-0.2, -0.15) is 0 Å².